The van der Waals surface area contributed by atoms with Crippen LogP contribution in [0.3, 0.4) is 0 Å². The second-order valence-corrected chi connectivity index (χ2v) is 6.19. The number of aliphatic hydroxyl groups is 1. The molecular weight excluding hydrogens is 242 g/mol. The highest BCUT2D eigenvalue weighted by Crippen LogP contribution is 2.52. The maximum absolute atomic E-state index is 11.6. The number of ether oxygens (including phenoxy) is 1. The molecule has 2 N–H and O–H groups in total. The number of carbonyl (C=O) groups excluding carboxylic acids is 1. The molecule has 1 fully saturated rings. The van der Waals surface area contributed by atoms with Crippen molar-refractivity contribution in [1.82, 2.24) is 5.32 Å². The van der Waals surface area contributed by atoms with Crippen LogP contribution in [0.2, 0.25) is 0 Å². The Balaban J connectivity index is 1.71. The monoisotopic (exact) mass is 265 g/mol. The number of carbonyl (C=O) groups is 1. The number of amides is 1. The normalized spacial score (nSPS) is 29.1. The molecule has 1 saturated carbocycles. The van der Waals surface area contributed by atoms with E-state index in [1.165, 1.54) is 0 Å². The Labute approximate surface area is 114 Å². The van der Waals surface area contributed by atoms with Crippen LogP contribution >= 0.6 is 0 Å². The maximum atomic E-state index is 11.6. The molecule has 0 aromatic carbocycles. The van der Waals surface area contributed by atoms with Crippen molar-refractivity contribution in [3.8, 4) is 11.8 Å². The van der Waals surface area contributed by atoms with Crippen molar-refractivity contribution in [2.24, 2.45) is 17.8 Å². The Kier molecular flexibility index (Phi) is 4.36. The third kappa shape index (κ3) is 3.87. The predicted octanol–water partition coefficient (Wildman–Crippen LogP) is 1.92. The molecular formula is C15H23NO3. The molecule has 0 aromatic rings. The van der Waals surface area contributed by atoms with Crippen LogP contribution in [-0.2, 0) is 4.74 Å². The number of hydrogen-bond acceptors (Lipinski definition) is 3. The molecule has 2 aliphatic rings. The lowest BCUT2D eigenvalue weighted by atomic mass is 10.1. The van der Waals surface area contributed by atoms with Crippen LogP contribution in [0.1, 0.15) is 39.5 Å². The molecule has 4 heteroatoms. The number of alkyl carbamates (subject to hydrolysis) is 1. The van der Waals surface area contributed by atoms with Gasteiger partial charge in [0, 0.05) is 12.8 Å². The molecule has 0 spiro atoms. The van der Waals surface area contributed by atoms with Crippen molar-refractivity contribution in [3.63, 3.8) is 0 Å². The molecule has 19 heavy (non-hydrogen) atoms. The number of rotatable bonds is 4. The summed E-state index contributed by atoms with van der Waals surface area (Å²) in [7, 11) is 0. The molecule has 106 valence electrons. The van der Waals surface area contributed by atoms with E-state index < -0.39 is 11.6 Å². The molecule has 0 bridgehead atoms. The summed E-state index contributed by atoms with van der Waals surface area (Å²) in [5.74, 6) is 8.22. The summed E-state index contributed by atoms with van der Waals surface area (Å²) in [6, 6.07) is 0. The van der Waals surface area contributed by atoms with Gasteiger partial charge in [0.05, 0.1) is 18.8 Å². The van der Waals surface area contributed by atoms with Crippen molar-refractivity contribution in [1.29, 1.82) is 0 Å². The van der Waals surface area contributed by atoms with Crippen LogP contribution in [0.15, 0.2) is 0 Å². The maximum Gasteiger partial charge on any atom is 0.407 e. The van der Waals surface area contributed by atoms with Gasteiger partial charge in [-0.15, -0.1) is 11.8 Å². The van der Waals surface area contributed by atoms with E-state index >= 15 is 0 Å². The minimum absolute atomic E-state index is 0.103. The lowest BCUT2D eigenvalue weighted by Crippen LogP contribution is -2.46. The average Bonchev–Trinajstić information content (AvgIpc) is 2.96. The number of fused-ring (bicyclic) bond motifs is 1. The predicted molar refractivity (Wildman–Crippen MR) is 72.4 cm³/mol. The Morgan fingerprint density at radius 3 is 2.42 bits per heavy atom. The Morgan fingerprint density at radius 1 is 1.32 bits per heavy atom. The van der Waals surface area contributed by atoms with E-state index in [-0.39, 0.29) is 6.61 Å². The van der Waals surface area contributed by atoms with E-state index in [0.717, 1.165) is 25.7 Å². The van der Waals surface area contributed by atoms with E-state index in [9.17, 15) is 4.79 Å². The van der Waals surface area contributed by atoms with Gasteiger partial charge < -0.3 is 15.2 Å². The largest absolute Gasteiger partial charge is 0.449 e. The third-order valence-corrected chi connectivity index (χ3v) is 4.08. The van der Waals surface area contributed by atoms with Gasteiger partial charge in [-0.1, -0.05) is 0 Å². The van der Waals surface area contributed by atoms with Gasteiger partial charge in [0.15, 0.2) is 0 Å². The fraction of sp³-hybridized carbons (Fsp3) is 0.800. The first kappa shape index (κ1) is 14.2. The molecule has 0 heterocycles. The minimum atomic E-state index is -0.629. The van der Waals surface area contributed by atoms with Gasteiger partial charge in [0.25, 0.3) is 0 Å². The number of hydrogen-bond donors (Lipinski definition) is 2. The molecule has 4 nitrogen and oxygen atoms in total. The highest BCUT2D eigenvalue weighted by molar-refractivity contribution is 5.68. The van der Waals surface area contributed by atoms with Crippen LogP contribution in [-0.4, -0.2) is 30.0 Å². The molecule has 2 rings (SSSR count). The first-order valence-electron chi connectivity index (χ1n) is 7.05. The smallest absolute Gasteiger partial charge is 0.407 e. The summed E-state index contributed by atoms with van der Waals surface area (Å²) in [4.78, 5) is 11.6. The fourth-order valence-electron chi connectivity index (χ4n) is 2.81. The highest BCUT2D eigenvalue weighted by Gasteiger charge is 2.49. The second-order valence-electron chi connectivity index (χ2n) is 6.19. The molecule has 0 saturated heterocycles. The van der Waals surface area contributed by atoms with Crippen LogP contribution in [0.4, 0.5) is 4.79 Å². The number of nitrogens with one attached hydrogen (secondary N) is 1. The van der Waals surface area contributed by atoms with Crippen molar-refractivity contribution in [2.75, 3.05) is 13.2 Å². The van der Waals surface area contributed by atoms with Gasteiger partial charge >= 0.3 is 6.09 Å². The van der Waals surface area contributed by atoms with Crippen molar-refractivity contribution < 1.29 is 14.6 Å². The fourth-order valence-corrected chi connectivity index (χ4v) is 2.81. The summed E-state index contributed by atoms with van der Waals surface area (Å²) in [5.41, 5.74) is -0.629. The summed E-state index contributed by atoms with van der Waals surface area (Å²) in [5, 5.41) is 11.7. The van der Waals surface area contributed by atoms with Gasteiger partial charge in [0.1, 0.15) is 0 Å². The quantitative estimate of drug-likeness (QED) is 0.764. The first-order valence-corrected chi connectivity index (χ1v) is 7.05. The van der Waals surface area contributed by atoms with Crippen molar-refractivity contribution in [3.05, 3.63) is 0 Å². The minimum Gasteiger partial charge on any atom is -0.449 e. The van der Waals surface area contributed by atoms with Crippen LogP contribution in [0, 0.1) is 29.6 Å². The molecule has 2 aliphatic carbocycles. The number of aliphatic hydroxyl groups excluding tert-OH is 1. The second kappa shape index (κ2) is 5.83. The first-order chi connectivity index (χ1) is 9.03. The average molecular weight is 265 g/mol. The van der Waals surface area contributed by atoms with E-state index in [2.05, 4.69) is 17.2 Å². The van der Waals surface area contributed by atoms with E-state index in [1.807, 2.05) is 0 Å². The standard InChI is InChI=1S/C15H23NO3/c1-15(2,10-17)16-14(18)19-9-13-11-7-5-3-4-6-8-12(11)13/h11-13,17H,5-10H2,1-2H3,(H,16,18). The zero-order valence-electron chi connectivity index (χ0n) is 11.7. The Bertz CT molecular complexity index is 376. The van der Waals surface area contributed by atoms with E-state index in [0.29, 0.717) is 24.4 Å². The van der Waals surface area contributed by atoms with Crippen LogP contribution in [0.25, 0.3) is 0 Å². The zero-order chi connectivity index (χ0) is 13.9. The van der Waals surface area contributed by atoms with Gasteiger partial charge in [-0.25, -0.2) is 4.79 Å². The summed E-state index contributed by atoms with van der Waals surface area (Å²) in [6.45, 7) is 3.91. The molecule has 1 amide bonds. The lowest BCUT2D eigenvalue weighted by molar-refractivity contribution is 0.115. The van der Waals surface area contributed by atoms with Gasteiger partial charge in [-0.3, -0.25) is 0 Å². The summed E-state index contributed by atoms with van der Waals surface area (Å²) in [6.07, 6.45) is 3.78. The zero-order valence-corrected chi connectivity index (χ0v) is 11.7. The Morgan fingerprint density at radius 2 is 1.89 bits per heavy atom. The van der Waals surface area contributed by atoms with Gasteiger partial charge in [-0.05, 0) is 44.4 Å². The van der Waals surface area contributed by atoms with Crippen molar-refractivity contribution >= 4 is 6.09 Å². The third-order valence-electron chi connectivity index (χ3n) is 4.08. The topological polar surface area (TPSA) is 58.6 Å². The highest BCUT2D eigenvalue weighted by atomic mass is 16.5. The van der Waals surface area contributed by atoms with Gasteiger partial charge in [-0.2, -0.15) is 0 Å². The summed E-state index contributed by atoms with van der Waals surface area (Å²) < 4.78 is 5.28. The Hall–Kier alpha value is -1.21. The van der Waals surface area contributed by atoms with E-state index in [4.69, 9.17) is 9.84 Å². The molecule has 0 radical (unpaired) electrons. The lowest BCUT2D eigenvalue weighted by Gasteiger charge is -2.22. The van der Waals surface area contributed by atoms with Crippen molar-refractivity contribution in [2.45, 2.75) is 45.1 Å². The SMILES string of the molecule is CC(C)(CO)NC(=O)OCC1C2CCC#CCCC21. The van der Waals surface area contributed by atoms with Crippen LogP contribution in [0.5, 0.6) is 0 Å². The molecule has 0 aliphatic heterocycles. The summed E-state index contributed by atoms with van der Waals surface area (Å²) >= 11 is 0. The molecule has 2 atom stereocenters. The van der Waals surface area contributed by atoms with E-state index in [1.54, 1.807) is 13.8 Å². The van der Waals surface area contributed by atoms with Gasteiger partial charge in [0.2, 0.25) is 0 Å². The molecule has 0 aromatic heterocycles. The molecule has 2 unspecified atom stereocenters. The van der Waals surface area contributed by atoms with Crippen LogP contribution < -0.4 is 5.32 Å².